The minimum Gasteiger partial charge on any atom is -0.368 e. The Morgan fingerprint density at radius 1 is 1.53 bits per heavy atom. The molecule has 0 aliphatic carbocycles. The molecule has 4 nitrogen and oxygen atoms in total. The van der Waals surface area contributed by atoms with Crippen LogP contribution in [0, 0.1) is 6.92 Å². The van der Waals surface area contributed by atoms with Crippen LogP contribution >= 0.6 is 0 Å². The summed E-state index contributed by atoms with van der Waals surface area (Å²) < 4.78 is 0. The van der Waals surface area contributed by atoms with Crippen LogP contribution in [0.5, 0.6) is 0 Å². The second kappa shape index (κ2) is 4.06. The maximum atomic E-state index is 11.2. The van der Waals surface area contributed by atoms with Gasteiger partial charge in [0.2, 0.25) is 0 Å². The average molecular weight is 207 g/mol. The van der Waals surface area contributed by atoms with E-state index in [4.69, 9.17) is 0 Å². The number of hydrogen-bond acceptors (Lipinski definition) is 3. The first-order chi connectivity index (χ1) is 7.16. The minimum atomic E-state index is 0.00179. The third-order valence-electron chi connectivity index (χ3n) is 2.81. The Morgan fingerprint density at radius 3 is 3.00 bits per heavy atom. The lowest BCUT2D eigenvalue weighted by Gasteiger charge is -2.33. The Hall–Kier alpha value is -1.29. The van der Waals surface area contributed by atoms with Crippen LogP contribution < -0.4 is 15.8 Å². The van der Waals surface area contributed by atoms with Crippen LogP contribution in [-0.2, 0) is 0 Å². The number of aromatic nitrogens is 1. The maximum absolute atomic E-state index is 11.2. The number of pyridine rings is 1. The fourth-order valence-electron chi connectivity index (χ4n) is 1.93. The number of piperazine rings is 1. The molecule has 2 rings (SSSR count). The number of rotatable bonds is 1. The summed E-state index contributed by atoms with van der Waals surface area (Å²) in [6.45, 7) is 7.00. The summed E-state index contributed by atoms with van der Waals surface area (Å²) in [6.07, 6.45) is 1.80. The van der Waals surface area contributed by atoms with E-state index in [9.17, 15) is 4.79 Å². The predicted molar refractivity (Wildman–Crippen MR) is 61.5 cm³/mol. The lowest BCUT2D eigenvalue weighted by molar-refractivity contribution is 0.484. The van der Waals surface area contributed by atoms with Gasteiger partial charge in [-0.1, -0.05) is 0 Å². The van der Waals surface area contributed by atoms with Crippen LogP contribution in [0.3, 0.4) is 0 Å². The number of aryl methyl sites for hydroxylation is 1. The first-order valence-corrected chi connectivity index (χ1v) is 5.34. The highest BCUT2D eigenvalue weighted by atomic mass is 16.1. The molecule has 2 N–H and O–H groups in total. The van der Waals surface area contributed by atoms with Crippen molar-refractivity contribution in [1.82, 2.24) is 10.3 Å². The van der Waals surface area contributed by atoms with Crippen molar-refractivity contribution in [2.75, 3.05) is 24.5 Å². The summed E-state index contributed by atoms with van der Waals surface area (Å²) in [6, 6.07) is 2.46. The quantitative estimate of drug-likeness (QED) is 0.704. The molecular formula is C11H17N3O. The van der Waals surface area contributed by atoms with Crippen LogP contribution in [0.2, 0.25) is 0 Å². The zero-order valence-electron chi connectivity index (χ0n) is 9.21. The Morgan fingerprint density at radius 2 is 2.33 bits per heavy atom. The van der Waals surface area contributed by atoms with Gasteiger partial charge in [-0.2, -0.15) is 0 Å². The number of aromatic amines is 1. The van der Waals surface area contributed by atoms with Crippen molar-refractivity contribution in [3.8, 4) is 0 Å². The molecule has 1 fully saturated rings. The average Bonchev–Trinajstić information content (AvgIpc) is 2.22. The highest BCUT2D eigenvalue weighted by Gasteiger charge is 2.16. The first-order valence-electron chi connectivity index (χ1n) is 5.34. The topological polar surface area (TPSA) is 48.1 Å². The fraction of sp³-hybridized carbons (Fsp3) is 0.545. The molecule has 0 saturated carbocycles. The van der Waals surface area contributed by atoms with Crippen LogP contribution in [0.15, 0.2) is 17.1 Å². The molecule has 1 aromatic heterocycles. The molecule has 1 saturated heterocycles. The Kier molecular flexibility index (Phi) is 2.77. The fourth-order valence-corrected chi connectivity index (χ4v) is 1.93. The largest absolute Gasteiger partial charge is 0.368 e. The van der Waals surface area contributed by atoms with Crippen molar-refractivity contribution in [2.45, 2.75) is 19.9 Å². The van der Waals surface area contributed by atoms with Gasteiger partial charge >= 0.3 is 0 Å². The molecule has 1 aromatic rings. The lowest BCUT2D eigenvalue weighted by atomic mass is 10.2. The van der Waals surface area contributed by atoms with E-state index >= 15 is 0 Å². The summed E-state index contributed by atoms with van der Waals surface area (Å²) in [7, 11) is 0. The Labute approximate surface area is 89.3 Å². The normalized spacial score (nSPS) is 21.7. The molecule has 0 bridgehead atoms. The van der Waals surface area contributed by atoms with Gasteiger partial charge in [0.25, 0.3) is 5.56 Å². The van der Waals surface area contributed by atoms with Gasteiger partial charge in [0.1, 0.15) is 0 Å². The molecule has 82 valence electrons. The van der Waals surface area contributed by atoms with E-state index in [0.29, 0.717) is 6.04 Å². The van der Waals surface area contributed by atoms with Crippen molar-refractivity contribution in [2.24, 2.45) is 0 Å². The van der Waals surface area contributed by atoms with Crippen LogP contribution in [0.25, 0.3) is 0 Å². The first kappa shape index (κ1) is 10.2. The van der Waals surface area contributed by atoms with Crippen LogP contribution in [0.4, 0.5) is 5.69 Å². The summed E-state index contributed by atoms with van der Waals surface area (Å²) in [5.74, 6) is 0. The van der Waals surface area contributed by atoms with Gasteiger partial charge in [-0.05, 0) is 19.9 Å². The van der Waals surface area contributed by atoms with E-state index in [2.05, 4.69) is 22.1 Å². The Bertz CT molecular complexity index is 399. The van der Waals surface area contributed by atoms with Crippen molar-refractivity contribution in [3.05, 3.63) is 28.2 Å². The van der Waals surface area contributed by atoms with Gasteiger partial charge in [0.05, 0.1) is 5.69 Å². The van der Waals surface area contributed by atoms with E-state index in [-0.39, 0.29) is 5.56 Å². The van der Waals surface area contributed by atoms with E-state index in [0.717, 1.165) is 30.9 Å². The molecule has 1 aliphatic rings. The molecule has 0 aromatic carbocycles. The predicted octanol–water partition coefficient (Wildman–Crippen LogP) is 0.481. The molecule has 0 amide bonds. The standard InChI is InChI=1S/C11H17N3O/c1-8-5-10(6-13-11(8)15)14-4-3-12-9(2)7-14/h5-6,9,12H,3-4,7H2,1-2H3,(H,13,15)/t9-/m1/s1. The summed E-state index contributed by atoms with van der Waals surface area (Å²) in [5.41, 5.74) is 1.89. The van der Waals surface area contributed by atoms with Crippen molar-refractivity contribution in [1.29, 1.82) is 0 Å². The molecule has 15 heavy (non-hydrogen) atoms. The van der Waals surface area contributed by atoms with Crippen molar-refractivity contribution >= 4 is 5.69 Å². The van der Waals surface area contributed by atoms with Crippen molar-refractivity contribution < 1.29 is 0 Å². The van der Waals surface area contributed by atoms with Gasteiger partial charge < -0.3 is 15.2 Å². The van der Waals surface area contributed by atoms with Gasteiger partial charge in [0, 0.05) is 37.4 Å². The van der Waals surface area contributed by atoms with Gasteiger partial charge in [0.15, 0.2) is 0 Å². The maximum Gasteiger partial charge on any atom is 0.250 e. The van der Waals surface area contributed by atoms with Gasteiger partial charge in [-0.3, -0.25) is 4.79 Å². The van der Waals surface area contributed by atoms with E-state index in [1.807, 2.05) is 13.0 Å². The van der Waals surface area contributed by atoms with E-state index in [1.165, 1.54) is 0 Å². The smallest absolute Gasteiger partial charge is 0.250 e. The van der Waals surface area contributed by atoms with Crippen LogP contribution in [-0.4, -0.2) is 30.7 Å². The molecule has 1 aliphatic heterocycles. The van der Waals surface area contributed by atoms with E-state index in [1.54, 1.807) is 6.20 Å². The number of hydrogen-bond donors (Lipinski definition) is 2. The zero-order valence-corrected chi connectivity index (χ0v) is 9.21. The molecule has 0 spiro atoms. The SMILES string of the molecule is Cc1cc(N2CCN[C@H](C)C2)c[nH]c1=O. The lowest BCUT2D eigenvalue weighted by Crippen LogP contribution is -2.49. The summed E-state index contributed by atoms with van der Waals surface area (Å²) in [4.78, 5) is 16.3. The highest BCUT2D eigenvalue weighted by molar-refractivity contribution is 5.46. The van der Waals surface area contributed by atoms with Crippen LogP contribution in [0.1, 0.15) is 12.5 Å². The molecule has 0 radical (unpaired) electrons. The number of nitrogens with zero attached hydrogens (tertiary/aromatic N) is 1. The third-order valence-corrected chi connectivity index (χ3v) is 2.81. The Balaban J connectivity index is 2.21. The molecule has 2 heterocycles. The van der Waals surface area contributed by atoms with E-state index < -0.39 is 0 Å². The minimum absolute atomic E-state index is 0.00179. The second-order valence-corrected chi connectivity index (χ2v) is 4.17. The summed E-state index contributed by atoms with van der Waals surface area (Å²) in [5, 5.41) is 3.39. The van der Waals surface area contributed by atoms with Gasteiger partial charge in [-0.15, -0.1) is 0 Å². The monoisotopic (exact) mass is 207 g/mol. The third kappa shape index (κ3) is 2.21. The molecular weight excluding hydrogens is 190 g/mol. The van der Waals surface area contributed by atoms with Crippen molar-refractivity contribution in [3.63, 3.8) is 0 Å². The molecule has 4 heteroatoms. The number of anilines is 1. The number of nitrogens with one attached hydrogen (secondary N) is 2. The molecule has 1 atom stereocenters. The second-order valence-electron chi connectivity index (χ2n) is 4.17. The molecule has 0 unspecified atom stereocenters. The van der Waals surface area contributed by atoms with Gasteiger partial charge in [-0.25, -0.2) is 0 Å². The zero-order chi connectivity index (χ0) is 10.8. The number of H-pyrrole nitrogens is 1. The highest BCUT2D eigenvalue weighted by Crippen LogP contribution is 2.14. The summed E-state index contributed by atoms with van der Waals surface area (Å²) >= 11 is 0.